The molecule has 1 aliphatic rings. The van der Waals surface area contributed by atoms with Gasteiger partial charge in [-0.25, -0.2) is 4.99 Å². The molecule has 5 heteroatoms. The highest BCUT2D eigenvalue weighted by atomic mass is 127. The van der Waals surface area contributed by atoms with Crippen molar-refractivity contribution in [1.29, 1.82) is 0 Å². The van der Waals surface area contributed by atoms with Gasteiger partial charge in [-0.05, 0) is 49.8 Å². The lowest BCUT2D eigenvalue weighted by Gasteiger charge is -2.11. The summed E-state index contributed by atoms with van der Waals surface area (Å²) in [6, 6.07) is 6.24. The zero-order valence-corrected chi connectivity index (χ0v) is 15.4. The third-order valence-electron chi connectivity index (χ3n) is 3.49. The van der Waals surface area contributed by atoms with E-state index in [1.807, 2.05) is 6.92 Å². The number of benzene rings is 1. The Hall–Kier alpha value is -0.980. The van der Waals surface area contributed by atoms with Gasteiger partial charge in [-0.3, -0.25) is 0 Å². The van der Waals surface area contributed by atoms with Crippen molar-refractivity contribution in [3.05, 3.63) is 29.3 Å². The fraction of sp³-hybridized carbons (Fsp3) is 0.562. The molecule has 1 aromatic carbocycles. The number of rotatable bonds is 6. The molecule has 0 spiro atoms. The van der Waals surface area contributed by atoms with E-state index in [2.05, 4.69) is 40.7 Å². The van der Waals surface area contributed by atoms with E-state index in [0.29, 0.717) is 6.54 Å². The second-order valence-electron chi connectivity index (χ2n) is 5.32. The van der Waals surface area contributed by atoms with Gasteiger partial charge in [0.1, 0.15) is 5.75 Å². The number of aliphatic imine (C=N–C) groups is 1. The van der Waals surface area contributed by atoms with Gasteiger partial charge in [0.2, 0.25) is 0 Å². The van der Waals surface area contributed by atoms with Crippen molar-refractivity contribution in [2.45, 2.75) is 33.2 Å². The van der Waals surface area contributed by atoms with E-state index in [9.17, 15) is 0 Å². The molecule has 1 aromatic rings. The number of halogens is 1. The molecule has 1 saturated carbocycles. The van der Waals surface area contributed by atoms with E-state index in [0.717, 1.165) is 41.8 Å². The third kappa shape index (κ3) is 6.11. The summed E-state index contributed by atoms with van der Waals surface area (Å²) in [4.78, 5) is 4.63. The van der Waals surface area contributed by atoms with Crippen LogP contribution < -0.4 is 15.4 Å². The molecule has 0 amide bonds. The maximum absolute atomic E-state index is 5.35. The van der Waals surface area contributed by atoms with Crippen LogP contribution in [0.4, 0.5) is 0 Å². The molecule has 1 aliphatic carbocycles. The molecule has 1 fully saturated rings. The Morgan fingerprint density at radius 1 is 1.33 bits per heavy atom. The van der Waals surface area contributed by atoms with Crippen LogP contribution in [0.5, 0.6) is 5.75 Å². The highest BCUT2D eigenvalue weighted by Gasteiger charge is 2.20. The molecule has 4 nitrogen and oxygen atoms in total. The molecule has 0 aromatic heterocycles. The lowest BCUT2D eigenvalue weighted by molar-refractivity contribution is 0.411. The van der Waals surface area contributed by atoms with Gasteiger partial charge in [-0.1, -0.05) is 12.1 Å². The van der Waals surface area contributed by atoms with Crippen LogP contribution >= 0.6 is 24.0 Å². The quantitative estimate of drug-likeness (QED) is 0.436. The topological polar surface area (TPSA) is 45.7 Å². The smallest absolute Gasteiger partial charge is 0.191 e. The van der Waals surface area contributed by atoms with Crippen molar-refractivity contribution in [1.82, 2.24) is 10.6 Å². The molecule has 2 rings (SSSR count). The van der Waals surface area contributed by atoms with Crippen LogP contribution in [-0.4, -0.2) is 26.2 Å². The molecule has 2 N–H and O–H groups in total. The van der Waals surface area contributed by atoms with Crippen LogP contribution in [0.3, 0.4) is 0 Å². The summed E-state index contributed by atoms with van der Waals surface area (Å²) in [7, 11) is 1.71. The predicted octanol–water partition coefficient (Wildman–Crippen LogP) is 3.09. The van der Waals surface area contributed by atoms with Crippen LogP contribution in [0.15, 0.2) is 23.2 Å². The van der Waals surface area contributed by atoms with Crippen LogP contribution in [0.2, 0.25) is 0 Å². The van der Waals surface area contributed by atoms with Crippen molar-refractivity contribution in [3.8, 4) is 5.75 Å². The largest absolute Gasteiger partial charge is 0.496 e. The van der Waals surface area contributed by atoms with Crippen molar-refractivity contribution in [2.24, 2.45) is 10.9 Å². The maximum Gasteiger partial charge on any atom is 0.191 e. The number of nitrogens with one attached hydrogen (secondary N) is 2. The van der Waals surface area contributed by atoms with E-state index in [-0.39, 0.29) is 24.0 Å². The molecular weight excluding hydrogens is 377 g/mol. The summed E-state index contributed by atoms with van der Waals surface area (Å²) in [6.07, 6.45) is 2.70. The van der Waals surface area contributed by atoms with Gasteiger partial charge in [-0.2, -0.15) is 0 Å². The maximum atomic E-state index is 5.35. The lowest BCUT2D eigenvalue weighted by Crippen LogP contribution is -2.38. The Morgan fingerprint density at radius 3 is 2.71 bits per heavy atom. The molecule has 0 radical (unpaired) electrons. The molecule has 0 heterocycles. The Kier molecular flexibility index (Phi) is 7.85. The minimum absolute atomic E-state index is 0. The summed E-state index contributed by atoms with van der Waals surface area (Å²) in [5.41, 5.74) is 2.31. The zero-order chi connectivity index (χ0) is 14.4. The predicted molar refractivity (Wildman–Crippen MR) is 98.7 cm³/mol. The summed E-state index contributed by atoms with van der Waals surface area (Å²) in [5, 5.41) is 6.68. The molecule has 21 heavy (non-hydrogen) atoms. The molecule has 118 valence electrons. The first-order valence-corrected chi connectivity index (χ1v) is 7.38. The van der Waals surface area contributed by atoms with E-state index in [4.69, 9.17) is 4.74 Å². The van der Waals surface area contributed by atoms with E-state index >= 15 is 0 Å². The molecule has 0 bridgehead atoms. The first-order valence-electron chi connectivity index (χ1n) is 7.38. The van der Waals surface area contributed by atoms with Gasteiger partial charge in [0.25, 0.3) is 0 Å². The SMILES string of the molecule is CCNC(=NCc1ccc(C)c(OC)c1)NCC1CC1.I. The second-order valence-corrected chi connectivity index (χ2v) is 5.32. The number of guanidine groups is 1. The zero-order valence-electron chi connectivity index (χ0n) is 13.1. The van der Waals surface area contributed by atoms with Crippen molar-refractivity contribution in [2.75, 3.05) is 20.2 Å². The number of ether oxygens (including phenoxy) is 1. The molecule has 0 aliphatic heterocycles. The number of hydrogen-bond donors (Lipinski definition) is 2. The summed E-state index contributed by atoms with van der Waals surface area (Å²) in [6.45, 7) is 6.71. The van der Waals surface area contributed by atoms with E-state index < -0.39 is 0 Å². The molecule has 0 atom stereocenters. The minimum Gasteiger partial charge on any atom is -0.496 e. The average molecular weight is 403 g/mol. The Labute approximate surface area is 144 Å². The van der Waals surface area contributed by atoms with Gasteiger partial charge >= 0.3 is 0 Å². The highest BCUT2D eigenvalue weighted by molar-refractivity contribution is 14.0. The average Bonchev–Trinajstić information content (AvgIpc) is 3.27. The van der Waals surface area contributed by atoms with Crippen LogP contribution in [0.25, 0.3) is 0 Å². The first-order chi connectivity index (χ1) is 9.72. The monoisotopic (exact) mass is 403 g/mol. The minimum atomic E-state index is 0. The fourth-order valence-electron chi connectivity index (χ4n) is 2.04. The molecular formula is C16H26IN3O. The molecule has 0 unspecified atom stereocenters. The summed E-state index contributed by atoms with van der Waals surface area (Å²) >= 11 is 0. The Morgan fingerprint density at radius 2 is 2.10 bits per heavy atom. The Bertz CT molecular complexity index is 473. The summed E-state index contributed by atoms with van der Waals surface area (Å²) in [5.74, 6) is 2.67. The highest BCUT2D eigenvalue weighted by Crippen LogP contribution is 2.27. The normalized spacial score (nSPS) is 14.3. The van der Waals surface area contributed by atoms with E-state index in [1.165, 1.54) is 12.8 Å². The second kappa shape index (κ2) is 9.12. The number of nitrogens with zero attached hydrogens (tertiary/aromatic N) is 1. The van der Waals surface area contributed by atoms with Gasteiger partial charge in [0.15, 0.2) is 5.96 Å². The van der Waals surface area contributed by atoms with Crippen LogP contribution in [-0.2, 0) is 6.54 Å². The molecule has 0 saturated heterocycles. The van der Waals surface area contributed by atoms with Gasteiger partial charge in [-0.15, -0.1) is 24.0 Å². The fourth-order valence-corrected chi connectivity index (χ4v) is 2.04. The van der Waals surface area contributed by atoms with Gasteiger partial charge in [0, 0.05) is 13.1 Å². The van der Waals surface area contributed by atoms with Gasteiger partial charge < -0.3 is 15.4 Å². The van der Waals surface area contributed by atoms with Crippen molar-refractivity contribution in [3.63, 3.8) is 0 Å². The summed E-state index contributed by atoms with van der Waals surface area (Å²) < 4.78 is 5.35. The third-order valence-corrected chi connectivity index (χ3v) is 3.49. The number of aryl methyl sites for hydroxylation is 1. The standard InChI is InChI=1S/C16H25N3O.HI/c1-4-17-16(18-10-13-7-8-13)19-11-14-6-5-12(2)15(9-14)20-3;/h5-6,9,13H,4,7-8,10-11H2,1-3H3,(H2,17,18,19);1H. The van der Waals surface area contributed by atoms with E-state index in [1.54, 1.807) is 7.11 Å². The number of hydrogen-bond acceptors (Lipinski definition) is 2. The van der Waals surface area contributed by atoms with Crippen LogP contribution in [0.1, 0.15) is 30.9 Å². The van der Waals surface area contributed by atoms with Crippen LogP contribution in [0, 0.1) is 12.8 Å². The number of methoxy groups -OCH3 is 1. The van der Waals surface area contributed by atoms with Gasteiger partial charge in [0.05, 0.1) is 13.7 Å². The van der Waals surface area contributed by atoms with Crippen molar-refractivity contribution < 1.29 is 4.74 Å². The Balaban J connectivity index is 0.00000220. The first kappa shape index (κ1) is 18.1. The lowest BCUT2D eigenvalue weighted by atomic mass is 10.1. The van der Waals surface area contributed by atoms with Crippen molar-refractivity contribution >= 4 is 29.9 Å².